The first kappa shape index (κ1) is 30.7. The number of alkyl carbamates (subject to hydrolysis) is 1. The second-order valence-corrected chi connectivity index (χ2v) is 12.4. The van der Waals surface area contributed by atoms with E-state index in [1.807, 2.05) is 30.3 Å². The second-order valence-electron chi connectivity index (χ2n) is 9.25. The molecule has 0 atom stereocenters. The van der Waals surface area contributed by atoms with Crippen molar-refractivity contribution in [3.8, 4) is 0 Å². The highest BCUT2D eigenvalue weighted by atomic mass is 32.2. The van der Waals surface area contributed by atoms with Crippen LogP contribution in [0, 0.1) is 0 Å². The summed E-state index contributed by atoms with van der Waals surface area (Å²) in [5, 5.41) is 5.01. The summed E-state index contributed by atoms with van der Waals surface area (Å²) < 4.78 is 37.0. The number of carbonyl (C=O) groups is 4. The Morgan fingerprint density at radius 1 is 1.02 bits per heavy atom. The number of amides is 4. The number of fused-ring (bicyclic) bond motifs is 1. The summed E-state index contributed by atoms with van der Waals surface area (Å²) in [4.78, 5) is 52.4. The van der Waals surface area contributed by atoms with Crippen molar-refractivity contribution in [2.75, 3.05) is 32.6 Å². The fourth-order valence-electron chi connectivity index (χ4n) is 4.37. The number of ether oxygens (including phenoxy) is 2. The number of methoxy groups -OCH3 is 1. The highest BCUT2D eigenvalue weighted by molar-refractivity contribution is 7.89. The number of benzene rings is 2. The maximum absolute atomic E-state index is 13.2. The van der Waals surface area contributed by atoms with Crippen molar-refractivity contribution in [1.29, 1.82) is 0 Å². The molecule has 0 spiro atoms. The van der Waals surface area contributed by atoms with Crippen LogP contribution in [0.1, 0.15) is 43.6 Å². The zero-order chi connectivity index (χ0) is 30.4. The summed E-state index contributed by atoms with van der Waals surface area (Å²) in [6, 6.07) is 14.6. The number of thiophene rings is 1. The van der Waals surface area contributed by atoms with Crippen LogP contribution in [0.15, 0.2) is 59.5 Å². The molecule has 2 aromatic carbocycles. The molecule has 1 aliphatic heterocycles. The number of imide groups is 1. The van der Waals surface area contributed by atoms with Crippen molar-refractivity contribution >= 4 is 50.4 Å². The molecular formula is C28H30N4O8S2. The smallest absolute Gasteiger partial charge is 0.413 e. The summed E-state index contributed by atoms with van der Waals surface area (Å²) >= 11 is 1.10. The molecule has 0 saturated carbocycles. The van der Waals surface area contributed by atoms with Crippen molar-refractivity contribution in [3.63, 3.8) is 0 Å². The van der Waals surface area contributed by atoms with Crippen LogP contribution in [0.3, 0.4) is 0 Å². The zero-order valence-electron chi connectivity index (χ0n) is 23.2. The van der Waals surface area contributed by atoms with E-state index in [1.165, 1.54) is 40.5 Å². The number of sulfonamides is 1. The molecule has 3 aromatic rings. The molecule has 4 amide bonds. The first-order valence-electron chi connectivity index (χ1n) is 12.9. The van der Waals surface area contributed by atoms with Gasteiger partial charge in [-0.15, -0.1) is 11.3 Å². The van der Waals surface area contributed by atoms with Crippen molar-refractivity contribution < 1.29 is 37.1 Å². The van der Waals surface area contributed by atoms with Gasteiger partial charge in [-0.1, -0.05) is 30.3 Å². The normalized spacial score (nSPS) is 12.8. The second kappa shape index (κ2) is 13.1. The fourth-order valence-corrected chi connectivity index (χ4v) is 6.78. The third kappa shape index (κ3) is 6.78. The summed E-state index contributed by atoms with van der Waals surface area (Å²) in [6.45, 7) is 2.54. The standard InChI is InChI=1S/C28H30N4O8S2/c1-4-40-28(36)32-15-14-21-22(17-32)41-26(23(21)25(34)30-27(35)39-3)29-24(33)19-10-12-20(13-11-19)42(37,38)31(2)16-18-8-6-5-7-9-18/h5-13H,4,14-17H2,1-3H3,(H,29,33)(H,30,34,35). The average Bonchev–Trinajstić information content (AvgIpc) is 3.34. The van der Waals surface area contributed by atoms with E-state index in [-0.39, 0.29) is 47.3 Å². The average molecular weight is 615 g/mol. The van der Waals surface area contributed by atoms with E-state index in [9.17, 15) is 27.6 Å². The molecule has 0 unspecified atom stereocenters. The van der Waals surface area contributed by atoms with Gasteiger partial charge in [0.25, 0.3) is 11.8 Å². The quantitative estimate of drug-likeness (QED) is 0.389. The Labute approximate surface area is 247 Å². The molecule has 0 radical (unpaired) electrons. The van der Waals surface area contributed by atoms with Gasteiger partial charge in [-0.3, -0.25) is 14.9 Å². The van der Waals surface area contributed by atoms with Crippen LogP contribution >= 0.6 is 11.3 Å². The monoisotopic (exact) mass is 614 g/mol. The van der Waals surface area contributed by atoms with E-state index in [1.54, 1.807) is 6.92 Å². The molecule has 0 fully saturated rings. The van der Waals surface area contributed by atoms with Crippen molar-refractivity contribution in [3.05, 3.63) is 81.7 Å². The SMILES string of the molecule is CCOC(=O)N1CCc2c(sc(NC(=O)c3ccc(S(=O)(=O)N(C)Cc4ccccc4)cc3)c2C(=O)NC(=O)OC)C1. The van der Waals surface area contributed by atoms with Gasteiger partial charge in [0, 0.05) is 30.6 Å². The highest BCUT2D eigenvalue weighted by Gasteiger charge is 2.32. The van der Waals surface area contributed by atoms with Gasteiger partial charge >= 0.3 is 12.2 Å². The summed E-state index contributed by atoms with van der Waals surface area (Å²) in [5.41, 5.74) is 1.67. The van der Waals surface area contributed by atoms with Crippen LogP contribution in [0.25, 0.3) is 0 Å². The maximum atomic E-state index is 13.2. The first-order chi connectivity index (χ1) is 20.0. The third-order valence-electron chi connectivity index (χ3n) is 6.51. The van der Waals surface area contributed by atoms with Crippen molar-refractivity contribution in [2.24, 2.45) is 0 Å². The van der Waals surface area contributed by atoms with E-state index in [4.69, 9.17) is 4.74 Å². The van der Waals surface area contributed by atoms with E-state index >= 15 is 0 Å². The topological polar surface area (TPSA) is 151 Å². The Balaban J connectivity index is 1.55. The van der Waals surface area contributed by atoms with Gasteiger partial charge < -0.3 is 19.7 Å². The van der Waals surface area contributed by atoms with Crippen LogP contribution in [-0.2, 0) is 39.0 Å². The Bertz CT molecular complexity index is 1590. The Morgan fingerprint density at radius 2 is 1.71 bits per heavy atom. The number of hydrogen-bond donors (Lipinski definition) is 2. The van der Waals surface area contributed by atoms with Gasteiger partial charge in [0.1, 0.15) is 5.00 Å². The van der Waals surface area contributed by atoms with E-state index in [2.05, 4.69) is 15.4 Å². The Morgan fingerprint density at radius 3 is 2.36 bits per heavy atom. The third-order valence-corrected chi connectivity index (χ3v) is 9.46. The molecule has 1 aromatic heterocycles. The number of anilines is 1. The number of nitrogens with zero attached hydrogens (tertiary/aromatic N) is 2. The lowest BCUT2D eigenvalue weighted by Gasteiger charge is -2.26. The molecule has 42 heavy (non-hydrogen) atoms. The molecule has 12 nitrogen and oxygen atoms in total. The lowest BCUT2D eigenvalue weighted by molar-refractivity contribution is 0.0936. The predicted octanol–water partition coefficient (Wildman–Crippen LogP) is 3.83. The van der Waals surface area contributed by atoms with Crippen molar-refractivity contribution in [1.82, 2.24) is 14.5 Å². The van der Waals surface area contributed by atoms with Gasteiger partial charge in [0.2, 0.25) is 10.0 Å². The summed E-state index contributed by atoms with van der Waals surface area (Å²) in [6.07, 6.45) is -1.16. The van der Waals surface area contributed by atoms with Crippen LogP contribution in [-0.4, -0.2) is 68.9 Å². The maximum Gasteiger partial charge on any atom is 0.413 e. The van der Waals surface area contributed by atoms with Crippen LogP contribution in [0.2, 0.25) is 0 Å². The number of nitrogens with one attached hydrogen (secondary N) is 2. The number of rotatable bonds is 8. The number of hydrogen-bond acceptors (Lipinski definition) is 9. The van der Waals surface area contributed by atoms with E-state index in [0.717, 1.165) is 24.0 Å². The van der Waals surface area contributed by atoms with Gasteiger partial charge in [-0.05, 0) is 48.7 Å². The van der Waals surface area contributed by atoms with Crippen LogP contribution < -0.4 is 10.6 Å². The largest absolute Gasteiger partial charge is 0.453 e. The fraction of sp³-hybridized carbons (Fsp3) is 0.286. The Hall–Kier alpha value is -4.27. The molecule has 222 valence electrons. The van der Waals surface area contributed by atoms with E-state index < -0.39 is 34.0 Å². The molecule has 2 N–H and O–H groups in total. The van der Waals surface area contributed by atoms with Gasteiger partial charge in [-0.25, -0.2) is 18.0 Å². The molecular weight excluding hydrogens is 584 g/mol. The predicted molar refractivity (Wildman–Crippen MR) is 155 cm³/mol. The number of carbonyl (C=O) groups excluding carboxylic acids is 4. The highest BCUT2D eigenvalue weighted by Crippen LogP contribution is 2.37. The van der Waals surface area contributed by atoms with E-state index in [0.29, 0.717) is 16.9 Å². The van der Waals surface area contributed by atoms with Gasteiger partial charge in [-0.2, -0.15) is 4.31 Å². The van der Waals surface area contributed by atoms with Crippen LogP contribution in [0.4, 0.5) is 14.6 Å². The lowest BCUT2D eigenvalue weighted by Crippen LogP contribution is -2.37. The minimum Gasteiger partial charge on any atom is -0.453 e. The van der Waals surface area contributed by atoms with Gasteiger partial charge in [0.05, 0.1) is 30.7 Å². The first-order valence-corrected chi connectivity index (χ1v) is 15.2. The minimum absolute atomic E-state index is 0.0151. The van der Waals surface area contributed by atoms with Crippen molar-refractivity contribution in [2.45, 2.75) is 31.3 Å². The Kier molecular flexibility index (Phi) is 9.60. The molecule has 0 saturated heterocycles. The molecule has 4 rings (SSSR count). The van der Waals surface area contributed by atoms with Gasteiger partial charge in [0.15, 0.2) is 0 Å². The molecule has 0 aliphatic carbocycles. The molecule has 0 bridgehead atoms. The molecule has 1 aliphatic rings. The summed E-state index contributed by atoms with van der Waals surface area (Å²) in [7, 11) is -1.23. The summed E-state index contributed by atoms with van der Waals surface area (Å²) in [5.74, 6) is -1.35. The molecule has 2 heterocycles. The zero-order valence-corrected chi connectivity index (χ0v) is 24.8. The van der Waals surface area contributed by atoms with Crippen LogP contribution in [0.5, 0.6) is 0 Å². The molecule has 14 heteroatoms. The minimum atomic E-state index is -3.82. The lowest BCUT2D eigenvalue weighted by atomic mass is 10.0.